The van der Waals surface area contributed by atoms with Crippen LogP contribution >= 0.6 is 0 Å². The minimum absolute atomic E-state index is 0.129. The summed E-state index contributed by atoms with van der Waals surface area (Å²) in [5.74, 6) is 0.676. The van der Waals surface area contributed by atoms with Gasteiger partial charge in [0.25, 0.3) is 5.91 Å². The van der Waals surface area contributed by atoms with Crippen LogP contribution in [0, 0.1) is 0 Å². The average molecular weight is 305 g/mol. The van der Waals surface area contributed by atoms with E-state index in [2.05, 4.69) is 32.4 Å². The van der Waals surface area contributed by atoms with Crippen LogP contribution in [0.15, 0.2) is 12.1 Å². The van der Waals surface area contributed by atoms with Crippen molar-refractivity contribution in [1.29, 1.82) is 0 Å². The molecule has 0 aliphatic carbocycles. The van der Waals surface area contributed by atoms with Crippen LogP contribution in [0.4, 0.5) is 5.82 Å². The number of hydrogen-bond donors (Lipinski definition) is 1. The topological polar surface area (TPSA) is 70.6 Å². The molecule has 0 aromatic carbocycles. The number of nitrogens with zero attached hydrogens (tertiary/aromatic N) is 4. The SMILES string of the molecule is CN1CCC(NC(=O)c2ccc(N3CCOCC3)nn2)CC1. The molecule has 120 valence electrons. The lowest BCUT2D eigenvalue weighted by Crippen LogP contribution is -2.43. The molecule has 2 aliphatic heterocycles. The summed E-state index contributed by atoms with van der Waals surface area (Å²) in [6.45, 7) is 5.09. The molecule has 0 radical (unpaired) electrons. The van der Waals surface area contributed by atoms with Crippen molar-refractivity contribution in [2.75, 3.05) is 51.3 Å². The molecule has 22 heavy (non-hydrogen) atoms. The second-order valence-corrected chi connectivity index (χ2v) is 5.93. The van der Waals surface area contributed by atoms with E-state index in [1.54, 1.807) is 6.07 Å². The monoisotopic (exact) mass is 305 g/mol. The zero-order chi connectivity index (χ0) is 15.4. The highest BCUT2D eigenvalue weighted by Crippen LogP contribution is 2.12. The molecular weight excluding hydrogens is 282 g/mol. The molecule has 1 aromatic rings. The summed E-state index contributed by atoms with van der Waals surface area (Å²) in [5.41, 5.74) is 0.385. The average Bonchev–Trinajstić information content (AvgIpc) is 2.58. The molecule has 7 heteroatoms. The Kier molecular flexibility index (Phi) is 4.84. The summed E-state index contributed by atoms with van der Waals surface area (Å²) in [7, 11) is 2.11. The summed E-state index contributed by atoms with van der Waals surface area (Å²) < 4.78 is 5.32. The van der Waals surface area contributed by atoms with E-state index >= 15 is 0 Å². The predicted molar refractivity (Wildman–Crippen MR) is 83.0 cm³/mol. The number of ether oxygens (including phenoxy) is 1. The third kappa shape index (κ3) is 3.72. The van der Waals surface area contributed by atoms with Crippen LogP contribution in [-0.4, -0.2) is 73.5 Å². The molecule has 2 saturated heterocycles. The van der Waals surface area contributed by atoms with E-state index in [1.165, 1.54) is 0 Å². The van der Waals surface area contributed by atoms with Gasteiger partial charge in [0.2, 0.25) is 0 Å². The minimum Gasteiger partial charge on any atom is -0.378 e. The third-order valence-corrected chi connectivity index (χ3v) is 4.27. The zero-order valence-corrected chi connectivity index (χ0v) is 13.0. The highest BCUT2D eigenvalue weighted by atomic mass is 16.5. The Bertz CT molecular complexity index is 493. The molecule has 1 aromatic heterocycles. The fourth-order valence-electron chi connectivity index (χ4n) is 2.82. The van der Waals surface area contributed by atoms with Crippen LogP contribution in [0.5, 0.6) is 0 Å². The number of hydrogen-bond acceptors (Lipinski definition) is 6. The van der Waals surface area contributed by atoms with Gasteiger partial charge in [-0.2, -0.15) is 0 Å². The van der Waals surface area contributed by atoms with E-state index in [9.17, 15) is 4.79 Å². The first kappa shape index (κ1) is 15.2. The first-order valence-electron chi connectivity index (χ1n) is 7.88. The maximum absolute atomic E-state index is 12.2. The van der Waals surface area contributed by atoms with Crippen LogP contribution in [0.1, 0.15) is 23.3 Å². The largest absolute Gasteiger partial charge is 0.378 e. The minimum atomic E-state index is -0.129. The van der Waals surface area contributed by atoms with E-state index in [0.29, 0.717) is 18.9 Å². The van der Waals surface area contributed by atoms with Gasteiger partial charge in [-0.05, 0) is 45.1 Å². The lowest BCUT2D eigenvalue weighted by atomic mass is 10.1. The van der Waals surface area contributed by atoms with Crippen molar-refractivity contribution in [2.24, 2.45) is 0 Å². The van der Waals surface area contributed by atoms with E-state index in [4.69, 9.17) is 4.74 Å². The lowest BCUT2D eigenvalue weighted by Gasteiger charge is -2.29. The number of likely N-dealkylation sites (tertiary alicyclic amines) is 1. The maximum atomic E-state index is 12.2. The van der Waals surface area contributed by atoms with Crippen molar-refractivity contribution in [3.05, 3.63) is 17.8 Å². The quantitative estimate of drug-likeness (QED) is 0.856. The second-order valence-electron chi connectivity index (χ2n) is 5.93. The number of amides is 1. The predicted octanol–water partition coefficient (Wildman–Crippen LogP) is 0.137. The van der Waals surface area contributed by atoms with Crippen molar-refractivity contribution in [3.8, 4) is 0 Å². The molecule has 1 amide bonds. The third-order valence-electron chi connectivity index (χ3n) is 4.27. The number of nitrogens with one attached hydrogen (secondary N) is 1. The van der Waals surface area contributed by atoms with Gasteiger partial charge >= 0.3 is 0 Å². The van der Waals surface area contributed by atoms with Gasteiger partial charge in [0.1, 0.15) is 0 Å². The molecule has 7 nitrogen and oxygen atoms in total. The summed E-state index contributed by atoms with van der Waals surface area (Å²) in [5, 5.41) is 11.3. The molecule has 0 saturated carbocycles. The number of anilines is 1. The molecule has 0 spiro atoms. The van der Waals surface area contributed by atoms with Crippen LogP contribution in [0.3, 0.4) is 0 Å². The van der Waals surface area contributed by atoms with Crippen molar-refractivity contribution in [1.82, 2.24) is 20.4 Å². The van der Waals surface area contributed by atoms with Gasteiger partial charge in [0.05, 0.1) is 13.2 Å². The second kappa shape index (κ2) is 7.02. The van der Waals surface area contributed by atoms with Gasteiger partial charge in [0, 0.05) is 19.1 Å². The first-order valence-corrected chi connectivity index (χ1v) is 7.88. The Morgan fingerprint density at radius 3 is 2.55 bits per heavy atom. The Balaban J connectivity index is 1.56. The van der Waals surface area contributed by atoms with Gasteiger partial charge in [-0.3, -0.25) is 4.79 Å². The molecule has 1 N–H and O–H groups in total. The lowest BCUT2D eigenvalue weighted by molar-refractivity contribution is 0.0910. The first-order chi connectivity index (χ1) is 10.7. The van der Waals surface area contributed by atoms with Gasteiger partial charge in [-0.1, -0.05) is 0 Å². The van der Waals surface area contributed by atoms with E-state index in [-0.39, 0.29) is 11.9 Å². The van der Waals surface area contributed by atoms with Crippen LogP contribution in [0.2, 0.25) is 0 Å². The van der Waals surface area contributed by atoms with Gasteiger partial charge in [-0.25, -0.2) is 0 Å². The maximum Gasteiger partial charge on any atom is 0.272 e. The standard InChI is InChI=1S/C15H23N5O2/c1-19-6-4-12(5-7-19)16-15(21)13-2-3-14(18-17-13)20-8-10-22-11-9-20/h2-3,12H,4-11H2,1H3,(H,16,21). The highest BCUT2D eigenvalue weighted by Gasteiger charge is 2.20. The molecule has 0 atom stereocenters. The van der Waals surface area contributed by atoms with E-state index < -0.39 is 0 Å². The van der Waals surface area contributed by atoms with Gasteiger partial charge < -0.3 is 19.9 Å². The highest BCUT2D eigenvalue weighted by molar-refractivity contribution is 5.92. The fourth-order valence-corrected chi connectivity index (χ4v) is 2.82. The number of rotatable bonds is 3. The van der Waals surface area contributed by atoms with Crippen molar-refractivity contribution >= 4 is 11.7 Å². The Morgan fingerprint density at radius 1 is 1.18 bits per heavy atom. The van der Waals surface area contributed by atoms with Crippen molar-refractivity contribution < 1.29 is 9.53 Å². The van der Waals surface area contributed by atoms with Crippen LogP contribution < -0.4 is 10.2 Å². The molecule has 2 aliphatic rings. The summed E-state index contributed by atoms with van der Waals surface area (Å²) in [6, 6.07) is 3.86. The number of piperidine rings is 1. The Hall–Kier alpha value is -1.73. The normalized spacial score (nSPS) is 20.9. The summed E-state index contributed by atoms with van der Waals surface area (Å²) in [6.07, 6.45) is 1.98. The molecule has 0 bridgehead atoms. The van der Waals surface area contributed by atoms with Crippen molar-refractivity contribution in [2.45, 2.75) is 18.9 Å². The molecule has 3 heterocycles. The van der Waals surface area contributed by atoms with Crippen molar-refractivity contribution in [3.63, 3.8) is 0 Å². The van der Waals surface area contributed by atoms with Gasteiger partial charge in [0.15, 0.2) is 11.5 Å². The van der Waals surface area contributed by atoms with Crippen LogP contribution in [-0.2, 0) is 4.74 Å². The summed E-state index contributed by atoms with van der Waals surface area (Å²) >= 11 is 0. The van der Waals surface area contributed by atoms with Gasteiger partial charge in [-0.15, -0.1) is 10.2 Å². The fraction of sp³-hybridized carbons (Fsp3) is 0.667. The number of carbonyl (C=O) groups is 1. The molecule has 2 fully saturated rings. The van der Waals surface area contributed by atoms with Crippen LogP contribution in [0.25, 0.3) is 0 Å². The summed E-state index contributed by atoms with van der Waals surface area (Å²) in [4.78, 5) is 16.6. The van der Waals surface area contributed by atoms with E-state index in [0.717, 1.165) is 44.8 Å². The van der Waals surface area contributed by atoms with E-state index in [1.807, 2.05) is 6.07 Å². The smallest absolute Gasteiger partial charge is 0.272 e. The molecule has 3 rings (SSSR count). The Labute approximate surface area is 130 Å². The molecular formula is C15H23N5O2. The Morgan fingerprint density at radius 2 is 1.91 bits per heavy atom. The number of aromatic nitrogens is 2. The zero-order valence-electron chi connectivity index (χ0n) is 13.0. The molecule has 0 unspecified atom stereocenters. The number of carbonyl (C=O) groups excluding carboxylic acids is 1. The number of morpholine rings is 1.